The molecule has 0 atom stereocenters. The van der Waals surface area contributed by atoms with Crippen LogP contribution in [0.4, 0.5) is 5.69 Å². The van der Waals surface area contributed by atoms with E-state index in [1.807, 2.05) is 38.7 Å². The molecule has 2 aliphatic rings. The van der Waals surface area contributed by atoms with Crippen LogP contribution < -0.4 is 4.90 Å². The first-order valence-electron chi connectivity index (χ1n) is 13.1. The maximum absolute atomic E-state index is 12.9. The molecule has 5 nitrogen and oxygen atoms in total. The van der Waals surface area contributed by atoms with E-state index < -0.39 is 0 Å². The number of aromatic amines is 1. The van der Waals surface area contributed by atoms with Crippen molar-refractivity contribution in [1.29, 1.82) is 0 Å². The molecule has 5 rings (SSSR count). The van der Waals surface area contributed by atoms with E-state index in [1.165, 1.54) is 22.2 Å². The number of nitrogens with one attached hydrogen (secondary N) is 1. The predicted molar refractivity (Wildman–Crippen MR) is 145 cm³/mol. The Bertz CT molecular complexity index is 984. The molecule has 2 fully saturated rings. The molecule has 34 heavy (non-hydrogen) atoms. The quantitative estimate of drug-likeness (QED) is 0.537. The summed E-state index contributed by atoms with van der Waals surface area (Å²) in [5.41, 5.74) is 3.91. The Labute approximate surface area is 205 Å². The Balaban J connectivity index is 0.000000771. The number of fused-ring (bicyclic) bond motifs is 1. The van der Waals surface area contributed by atoms with Crippen LogP contribution in [0.3, 0.4) is 0 Å². The zero-order valence-electron chi connectivity index (χ0n) is 21.5. The molecule has 5 heteroatoms. The van der Waals surface area contributed by atoms with Gasteiger partial charge in [-0.15, -0.1) is 0 Å². The van der Waals surface area contributed by atoms with Crippen molar-refractivity contribution in [3.63, 3.8) is 0 Å². The van der Waals surface area contributed by atoms with Crippen LogP contribution in [-0.4, -0.2) is 66.5 Å². The van der Waals surface area contributed by atoms with Gasteiger partial charge >= 0.3 is 0 Å². The summed E-state index contributed by atoms with van der Waals surface area (Å²) in [6.45, 7) is 14.0. The zero-order valence-corrected chi connectivity index (χ0v) is 21.5. The summed E-state index contributed by atoms with van der Waals surface area (Å²) in [7, 11) is 0. The van der Waals surface area contributed by atoms with Crippen LogP contribution in [0.1, 0.15) is 52.0 Å². The van der Waals surface area contributed by atoms with E-state index in [4.69, 9.17) is 0 Å². The Morgan fingerprint density at radius 2 is 1.44 bits per heavy atom. The third kappa shape index (κ3) is 6.20. The molecule has 1 N–H and O–H groups in total. The molecule has 0 unspecified atom stereocenters. The molecule has 0 spiro atoms. The Kier molecular flexibility index (Phi) is 10.0. The monoisotopic (exact) mass is 462 g/mol. The van der Waals surface area contributed by atoms with E-state index in [9.17, 15) is 4.79 Å². The molecule has 2 aromatic carbocycles. The van der Waals surface area contributed by atoms with E-state index in [-0.39, 0.29) is 5.91 Å². The van der Waals surface area contributed by atoms with Crippen molar-refractivity contribution < 1.29 is 4.79 Å². The standard InChI is InChI=1S/C25H30N4O.2C2H6/c30-25(29-16-14-28(15-17-29)21-6-2-1-3-7-21)19-27-12-10-20(11-13-27)23-18-26-24-9-5-4-8-22(23)24;2*1-2/h1-9,18,20,26H,10-17,19H2;2*1-2H3. The minimum atomic E-state index is 0.285. The number of para-hydroxylation sites is 2. The van der Waals surface area contributed by atoms with Gasteiger partial charge in [0.25, 0.3) is 0 Å². The molecule has 3 aromatic rings. The fourth-order valence-electron chi connectivity index (χ4n) is 4.98. The number of piperazine rings is 1. The Hall–Kier alpha value is -2.79. The van der Waals surface area contributed by atoms with Crippen molar-refractivity contribution in [2.24, 2.45) is 0 Å². The van der Waals surface area contributed by atoms with Gasteiger partial charge in [-0.05, 0) is 55.6 Å². The maximum atomic E-state index is 12.9. The van der Waals surface area contributed by atoms with Gasteiger partial charge in [-0.3, -0.25) is 9.69 Å². The van der Waals surface area contributed by atoms with Gasteiger partial charge in [0.2, 0.25) is 5.91 Å². The van der Waals surface area contributed by atoms with Gasteiger partial charge in [0, 0.05) is 49.0 Å². The molecule has 0 bridgehead atoms. The average molecular weight is 463 g/mol. The highest BCUT2D eigenvalue weighted by Crippen LogP contribution is 2.33. The third-order valence-electron chi connectivity index (χ3n) is 6.76. The topological polar surface area (TPSA) is 42.6 Å². The first-order valence-corrected chi connectivity index (χ1v) is 13.1. The number of nitrogens with zero attached hydrogens (tertiary/aromatic N) is 3. The van der Waals surface area contributed by atoms with Gasteiger partial charge in [-0.25, -0.2) is 0 Å². The van der Waals surface area contributed by atoms with Gasteiger partial charge in [-0.1, -0.05) is 64.1 Å². The molecular weight excluding hydrogens is 420 g/mol. The summed E-state index contributed by atoms with van der Waals surface area (Å²) in [4.78, 5) is 23.0. The maximum Gasteiger partial charge on any atom is 0.236 e. The van der Waals surface area contributed by atoms with E-state index in [2.05, 4.69) is 69.5 Å². The van der Waals surface area contributed by atoms with Crippen LogP contribution in [0.2, 0.25) is 0 Å². The molecule has 184 valence electrons. The van der Waals surface area contributed by atoms with Gasteiger partial charge in [0.1, 0.15) is 0 Å². The summed E-state index contributed by atoms with van der Waals surface area (Å²) in [6.07, 6.45) is 4.43. The fraction of sp³-hybridized carbons (Fsp3) is 0.483. The zero-order chi connectivity index (χ0) is 24.3. The number of hydrogen-bond acceptors (Lipinski definition) is 3. The van der Waals surface area contributed by atoms with Crippen molar-refractivity contribution in [2.45, 2.75) is 46.5 Å². The van der Waals surface area contributed by atoms with Crippen molar-refractivity contribution in [2.75, 3.05) is 50.7 Å². The van der Waals surface area contributed by atoms with E-state index in [0.717, 1.165) is 52.1 Å². The van der Waals surface area contributed by atoms with Crippen LogP contribution in [0.25, 0.3) is 10.9 Å². The summed E-state index contributed by atoms with van der Waals surface area (Å²) >= 11 is 0. The SMILES string of the molecule is CC.CC.O=C(CN1CCC(c2c[nH]c3ccccc23)CC1)N1CCN(c2ccccc2)CC1. The Morgan fingerprint density at radius 1 is 0.824 bits per heavy atom. The second-order valence-electron chi connectivity index (χ2n) is 8.54. The van der Waals surface area contributed by atoms with Crippen LogP contribution in [-0.2, 0) is 4.79 Å². The molecule has 1 aromatic heterocycles. The largest absolute Gasteiger partial charge is 0.368 e. The number of rotatable bonds is 4. The van der Waals surface area contributed by atoms with Crippen molar-refractivity contribution in [3.8, 4) is 0 Å². The number of H-pyrrole nitrogens is 1. The number of hydrogen-bond donors (Lipinski definition) is 1. The smallest absolute Gasteiger partial charge is 0.236 e. The Morgan fingerprint density at radius 3 is 2.12 bits per heavy atom. The number of amides is 1. The highest BCUT2D eigenvalue weighted by Gasteiger charge is 2.27. The second kappa shape index (κ2) is 13.2. The van der Waals surface area contributed by atoms with Gasteiger partial charge < -0.3 is 14.8 Å². The summed E-state index contributed by atoms with van der Waals surface area (Å²) in [6, 6.07) is 19.0. The van der Waals surface area contributed by atoms with E-state index in [0.29, 0.717) is 12.5 Å². The lowest BCUT2D eigenvalue weighted by Gasteiger charge is -2.38. The van der Waals surface area contributed by atoms with Crippen molar-refractivity contribution >= 4 is 22.5 Å². The number of carbonyl (C=O) groups excluding carboxylic acids is 1. The lowest BCUT2D eigenvalue weighted by atomic mass is 9.89. The highest BCUT2D eigenvalue weighted by molar-refractivity contribution is 5.83. The molecule has 0 saturated carbocycles. The third-order valence-corrected chi connectivity index (χ3v) is 6.76. The molecule has 0 aliphatic carbocycles. The lowest BCUT2D eigenvalue weighted by Crippen LogP contribution is -2.51. The number of aromatic nitrogens is 1. The first kappa shape index (κ1) is 25.8. The lowest BCUT2D eigenvalue weighted by molar-refractivity contribution is -0.133. The molecule has 0 radical (unpaired) electrons. The normalized spacial score (nSPS) is 16.9. The average Bonchev–Trinajstić information content (AvgIpc) is 3.36. The molecule has 1 amide bonds. The number of carbonyl (C=O) groups is 1. The number of piperidine rings is 1. The van der Waals surface area contributed by atoms with E-state index >= 15 is 0 Å². The molecule has 2 saturated heterocycles. The van der Waals surface area contributed by atoms with Crippen LogP contribution in [0.15, 0.2) is 60.8 Å². The van der Waals surface area contributed by atoms with Gasteiger partial charge in [-0.2, -0.15) is 0 Å². The summed E-state index contributed by atoms with van der Waals surface area (Å²) in [5, 5.41) is 1.35. The van der Waals surface area contributed by atoms with Crippen LogP contribution in [0, 0.1) is 0 Å². The van der Waals surface area contributed by atoms with Gasteiger partial charge in [0.05, 0.1) is 6.54 Å². The minimum absolute atomic E-state index is 0.285. The minimum Gasteiger partial charge on any atom is -0.368 e. The van der Waals surface area contributed by atoms with Crippen LogP contribution in [0.5, 0.6) is 0 Å². The predicted octanol–water partition coefficient (Wildman–Crippen LogP) is 5.75. The second-order valence-corrected chi connectivity index (χ2v) is 8.54. The van der Waals surface area contributed by atoms with Crippen molar-refractivity contribution in [3.05, 3.63) is 66.4 Å². The van der Waals surface area contributed by atoms with Gasteiger partial charge in [0.15, 0.2) is 0 Å². The fourth-order valence-corrected chi connectivity index (χ4v) is 4.98. The molecule has 3 heterocycles. The number of benzene rings is 2. The molecule has 2 aliphatic heterocycles. The van der Waals surface area contributed by atoms with Crippen molar-refractivity contribution in [1.82, 2.24) is 14.8 Å². The number of anilines is 1. The number of likely N-dealkylation sites (tertiary alicyclic amines) is 1. The summed E-state index contributed by atoms with van der Waals surface area (Å²) < 4.78 is 0. The summed E-state index contributed by atoms with van der Waals surface area (Å²) in [5.74, 6) is 0.871. The van der Waals surface area contributed by atoms with Crippen LogP contribution >= 0.6 is 0 Å². The first-order chi connectivity index (χ1) is 16.8. The highest BCUT2D eigenvalue weighted by atomic mass is 16.2. The molecular formula is C29H42N4O. The van der Waals surface area contributed by atoms with E-state index in [1.54, 1.807) is 0 Å².